The fourth-order valence-electron chi connectivity index (χ4n) is 3.00. The van der Waals surface area contributed by atoms with E-state index < -0.39 is 0 Å². The van der Waals surface area contributed by atoms with Crippen molar-refractivity contribution in [3.05, 3.63) is 23.5 Å². The van der Waals surface area contributed by atoms with E-state index in [9.17, 15) is 4.79 Å². The molecule has 0 aromatic carbocycles. The van der Waals surface area contributed by atoms with E-state index in [1.54, 1.807) is 0 Å². The van der Waals surface area contributed by atoms with Crippen molar-refractivity contribution in [2.75, 3.05) is 6.54 Å². The van der Waals surface area contributed by atoms with Crippen LogP contribution in [-0.2, 0) is 17.8 Å². The summed E-state index contributed by atoms with van der Waals surface area (Å²) in [5, 5.41) is 6.51. The van der Waals surface area contributed by atoms with Crippen molar-refractivity contribution in [3.8, 4) is 0 Å². The van der Waals surface area contributed by atoms with Gasteiger partial charge in [0.2, 0.25) is 5.91 Å². The summed E-state index contributed by atoms with van der Waals surface area (Å²) in [6, 6.07) is 0.650. The lowest BCUT2D eigenvalue weighted by Gasteiger charge is -2.15. The Labute approximate surface area is 121 Å². The number of carbonyl (C=O) groups excluding carboxylic acids is 1. The molecule has 1 aliphatic carbocycles. The second-order valence-electron chi connectivity index (χ2n) is 5.99. The van der Waals surface area contributed by atoms with Crippen LogP contribution in [0.4, 0.5) is 0 Å². The van der Waals surface area contributed by atoms with Crippen LogP contribution in [0, 0.1) is 0 Å². The van der Waals surface area contributed by atoms with Gasteiger partial charge in [-0.25, -0.2) is 0 Å². The van der Waals surface area contributed by atoms with Gasteiger partial charge in [0.15, 0.2) is 0 Å². The molecule has 2 N–H and O–H groups in total. The van der Waals surface area contributed by atoms with E-state index >= 15 is 0 Å². The highest BCUT2D eigenvalue weighted by Gasteiger charge is 2.20. The van der Waals surface area contributed by atoms with Crippen LogP contribution in [0.15, 0.2) is 12.4 Å². The zero-order valence-corrected chi connectivity index (χ0v) is 12.9. The van der Waals surface area contributed by atoms with Gasteiger partial charge in [0.25, 0.3) is 0 Å². The highest BCUT2D eigenvalue weighted by atomic mass is 16.2. The first-order valence-electron chi connectivity index (χ1n) is 7.81. The lowest BCUT2D eigenvalue weighted by Crippen LogP contribution is -2.32. The summed E-state index contributed by atoms with van der Waals surface area (Å²) in [7, 11) is 0. The molecule has 1 aromatic heterocycles. The lowest BCUT2D eigenvalue weighted by molar-refractivity contribution is -0.122. The molecule has 1 aliphatic rings. The molecule has 0 aliphatic heterocycles. The Morgan fingerprint density at radius 1 is 1.40 bits per heavy atom. The first-order valence-corrected chi connectivity index (χ1v) is 7.81. The average molecular weight is 277 g/mol. The molecule has 1 heterocycles. The SMILES string of the molecule is CCNC1CCCCc2cn(CC(=O)NC(C)C)cc21. The number of carbonyl (C=O) groups is 1. The number of aromatic nitrogens is 1. The molecular formula is C16H27N3O. The molecule has 0 fully saturated rings. The Morgan fingerprint density at radius 2 is 2.20 bits per heavy atom. The van der Waals surface area contributed by atoms with Crippen molar-refractivity contribution < 1.29 is 4.79 Å². The van der Waals surface area contributed by atoms with Crippen LogP contribution in [0.2, 0.25) is 0 Å². The van der Waals surface area contributed by atoms with Crippen molar-refractivity contribution in [3.63, 3.8) is 0 Å². The number of aryl methyl sites for hydroxylation is 1. The van der Waals surface area contributed by atoms with Gasteiger partial charge < -0.3 is 15.2 Å². The van der Waals surface area contributed by atoms with Crippen molar-refractivity contribution in [1.82, 2.24) is 15.2 Å². The van der Waals surface area contributed by atoms with E-state index in [1.165, 1.54) is 30.4 Å². The molecule has 1 amide bonds. The van der Waals surface area contributed by atoms with E-state index in [4.69, 9.17) is 0 Å². The van der Waals surface area contributed by atoms with Crippen molar-refractivity contribution in [2.24, 2.45) is 0 Å². The summed E-state index contributed by atoms with van der Waals surface area (Å²) in [5.41, 5.74) is 2.80. The lowest BCUT2D eigenvalue weighted by atomic mass is 10.0. The molecule has 0 radical (unpaired) electrons. The second kappa shape index (κ2) is 6.93. The topological polar surface area (TPSA) is 46.1 Å². The van der Waals surface area contributed by atoms with E-state index in [1.807, 2.05) is 18.4 Å². The average Bonchev–Trinajstić information content (AvgIpc) is 2.66. The third kappa shape index (κ3) is 3.85. The van der Waals surface area contributed by atoms with Gasteiger partial charge in [-0.05, 0) is 50.8 Å². The predicted molar refractivity (Wildman–Crippen MR) is 81.7 cm³/mol. The number of hydrogen-bond acceptors (Lipinski definition) is 2. The van der Waals surface area contributed by atoms with Crippen molar-refractivity contribution >= 4 is 5.91 Å². The van der Waals surface area contributed by atoms with Crippen LogP contribution in [0.3, 0.4) is 0 Å². The van der Waals surface area contributed by atoms with Gasteiger partial charge in [0.1, 0.15) is 6.54 Å². The summed E-state index contributed by atoms with van der Waals surface area (Å²) >= 11 is 0. The number of nitrogens with zero attached hydrogens (tertiary/aromatic N) is 1. The molecule has 0 saturated carbocycles. The molecule has 0 bridgehead atoms. The van der Waals surface area contributed by atoms with E-state index in [0.717, 1.165) is 13.0 Å². The fraction of sp³-hybridized carbons (Fsp3) is 0.688. The van der Waals surface area contributed by atoms with Crippen LogP contribution >= 0.6 is 0 Å². The fourth-order valence-corrected chi connectivity index (χ4v) is 3.00. The third-order valence-electron chi connectivity index (χ3n) is 3.79. The van der Waals surface area contributed by atoms with Crippen LogP contribution in [0.1, 0.15) is 57.2 Å². The molecule has 1 unspecified atom stereocenters. The first kappa shape index (κ1) is 15.1. The molecule has 112 valence electrons. The van der Waals surface area contributed by atoms with Gasteiger partial charge in [-0.1, -0.05) is 13.3 Å². The van der Waals surface area contributed by atoms with E-state index in [-0.39, 0.29) is 11.9 Å². The molecule has 1 aromatic rings. The summed E-state index contributed by atoms with van der Waals surface area (Å²) in [6.07, 6.45) is 9.18. The summed E-state index contributed by atoms with van der Waals surface area (Å²) in [6.45, 7) is 7.54. The van der Waals surface area contributed by atoms with Crippen LogP contribution in [-0.4, -0.2) is 23.1 Å². The van der Waals surface area contributed by atoms with Crippen LogP contribution in [0.25, 0.3) is 0 Å². The molecule has 4 heteroatoms. The third-order valence-corrected chi connectivity index (χ3v) is 3.79. The number of fused-ring (bicyclic) bond motifs is 1. The second-order valence-corrected chi connectivity index (χ2v) is 5.99. The summed E-state index contributed by atoms with van der Waals surface area (Å²) in [4.78, 5) is 11.9. The molecule has 0 spiro atoms. The number of amides is 1. The molecule has 1 atom stereocenters. The van der Waals surface area contributed by atoms with Crippen molar-refractivity contribution in [1.29, 1.82) is 0 Å². The van der Waals surface area contributed by atoms with Gasteiger partial charge >= 0.3 is 0 Å². The Hall–Kier alpha value is -1.29. The summed E-state index contributed by atoms with van der Waals surface area (Å²) < 4.78 is 2.04. The van der Waals surface area contributed by atoms with Gasteiger partial charge in [-0.3, -0.25) is 4.79 Å². The molecule has 4 nitrogen and oxygen atoms in total. The maximum atomic E-state index is 11.9. The molecular weight excluding hydrogens is 250 g/mol. The first-order chi connectivity index (χ1) is 9.60. The Kier molecular flexibility index (Phi) is 5.24. The maximum Gasteiger partial charge on any atom is 0.240 e. The normalized spacial score (nSPS) is 18.7. The van der Waals surface area contributed by atoms with Gasteiger partial charge in [0.05, 0.1) is 0 Å². The quantitative estimate of drug-likeness (QED) is 0.812. The van der Waals surface area contributed by atoms with Crippen LogP contribution < -0.4 is 10.6 Å². The number of nitrogens with one attached hydrogen (secondary N) is 2. The minimum absolute atomic E-state index is 0.0881. The minimum atomic E-state index is 0.0881. The monoisotopic (exact) mass is 277 g/mol. The molecule has 20 heavy (non-hydrogen) atoms. The molecule has 2 rings (SSSR count). The van der Waals surface area contributed by atoms with Crippen LogP contribution in [0.5, 0.6) is 0 Å². The largest absolute Gasteiger partial charge is 0.352 e. The Balaban J connectivity index is 2.10. The van der Waals surface area contributed by atoms with Gasteiger partial charge in [0, 0.05) is 24.5 Å². The number of hydrogen-bond donors (Lipinski definition) is 2. The molecule has 0 saturated heterocycles. The number of rotatable bonds is 5. The van der Waals surface area contributed by atoms with E-state index in [2.05, 4.69) is 30.0 Å². The van der Waals surface area contributed by atoms with Gasteiger partial charge in [-0.2, -0.15) is 0 Å². The Bertz CT molecular complexity index is 451. The highest BCUT2D eigenvalue weighted by Crippen LogP contribution is 2.29. The maximum absolute atomic E-state index is 11.9. The Morgan fingerprint density at radius 3 is 2.90 bits per heavy atom. The highest BCUT2D eigenvalue weighted by molar-refractivity contribution is 5.76. The zero-order valence-electron chi connectivity index (χ0n) is 12.9. The summed E-state index contributed by atoms with van der Waals surface area (Å²) in [5.74, 6) is 0.0881. The van der Waals surface area contributed by atoms with Gasteiger partial charge in [-0.15, -0.1) is 0 Å². The minimum Gasteiger partial charge on any atom is -0.352 e. The zero-order chi connectivity index (χ0) is 14.5. The van der Waals surface area contributed by atoms with E-state index in [0.29, 0.717) is 12.6 Å². The predicted octanol–water partition coefficient (Wildman–Crippen LogP) is 2.39. The smallest absolute Gasteiger partial charge is 0.240 e. The van der Waals surface area contributed by atoms with Crippen molar-refractivity contribution in [2.45, 2.75) is 65.1 Å². The standard InChI is InChI=1S/C16H27N3O/c1-4-17-15-8-6-5-7-13-9-19(10-14(13)15)11-16(20)18-12(2)3/h9-10,12,15,17H,4-8,11H2,1-3H3,(H,18,20).